The fraction of sp³-hybridized carbons (Fsp3) is 0.200. The van der Waals surface area contributed by atoms with Crippen LogP contribution >= 0.6 is 0 Å². The number of aromatic hydroxyl groups is 1. The van der Waals surface area contributed by atoms with Crippen LogP contribution < -0.4 is 5.32 Å². The lowest BCUT2D eigenvalue weighted by Gasteiger charge is -2.19. The van der Waals surface area contributed by atoms with Gasteiger partial charge in [0.1, 0.15) is 11.4 Å². The minimum atomic E-state index is -0.680. The summed E-state index contributed by atoms with van der Waals surface area (Å²) < 4.78 is 1.88. The van der Waals surface area contributed by atoms with E-state index in [-0.39, 0.29) is 11.2 Å². The number of nitrogens with one attached hydrogen (secondary N) is 1. The highest BCUT2D eigenvalue weighted by Crippen LogP contribution is 2.30. The van der Waals surface area contributed by atoms with Crippen LogP contribution in [0.5, 0.6) is 5.75 Å². The predicted octanol–water partition coefficient (Wildman–Crippen LogP) is 6.19. The van der Waals surface area contributed by atoms with E-state index in [0.29, 0.717) is 12.0 Å². The molecule has 0 fully saturated rings. The van der Waals surface area contributed by atoms with Crippen molar-refractivity contribution in [1.29, 1.82) is 0 Å². The Kier molecular flexibility index (Phi) is 8.13. The van der Waals surface area contributed by atoms with Crippen molar-refractivity contribution in [2.45, 2.75) is 38.6 Å². The van der Waals surface area contributed by atoms with E-state index in [1.54, 1.807) is 49.6 Å². The summed E-state index contributed by atoms with van der Waals surface area (Å²) in [7, 11) is 1.66. The number of Topliss-reactive ketones (excluding diaryl/α,β-unsaturated/α-hetero) is 2. The van der Waals surface area contributed by atoms with E-state index in [1.807, 2.05) is 41.1 Å². The lowest BCUT2D eigenvalue weighted by molar-refractivity contribution is -0.116. The van der Waals surface area contributed by atoms with Crippen molar-refractivity contribution in [3.05, 3.63) is 120 Å². The van der Waals surface area contributed by atoms with Crippen molar-refractivity contribution < 1.29 is 14.7 Å². The quantitative estimate of drug-likeness (QED) is 0.166. The van der Waals surface area contributed by atoms with E-state index in [1.165, 1.54) is 5.56 Å². The van der Waals surface area contributed by atoms with Gasteiger partial charge in [-0.2, -0.15) is 5.10 Å². The Morgan fingerprint density at radius 2 is 1.57 bits per heavy atom. The Balaban J connectivity index is 1.44. The molecule has 0 aliphatic heterocycles. The first-order chi connectivity index (χ1) is 20.1. The molecular formula is C35H34N4O3. The minimum absolute atomic E-state index is 0.0285. The zero-order valence-electron chi connectivity index (χ0n) is 24.2. The number of aromatic nitrogens is 3. The number of carbonyl (C=O) groups is 2. The van der Waals surface area contributed by atoms with Crippen LogP contribution in [0.2, 0.25) is 0 Å². The number of carbonyl (C=O) groups excluding carboxylic acids is 2. The molecule has 3 aromatic carbocycles. The third-order valence-electron chi connectivity index (χ3n) is 7.32. The lowest BCUT2D eigenvalue weighted by atomic mass is 9.87. The minimum Gasteiger partial charge on any atom is -0.508 e. The van der Waals surface area contributed by atoms with Gasteiger partial charge in [-0.1, -0.05) is 75.4 Å². The molecule has 0 radical (unpaired) electrons. The fourth-order valence-electron chi connectivity index (χ4n) is 4.81. The summed E-state index contributed by atoms with van der Waals surface area (Å²) in [5.41, 5.74) is 6.49. The maximum absolute atomic E-state index is 13.2. The molecule has 0 bridgehead atoms. The monoisotopic (exact) mass is 558 g/mol. The van der Waals surface area contributed by atoms with Gasteiger partial charge in [0.25, 0.3) is 0 Å². The maximum atomic E-state index is 13.2. The number of likely N-dealkylation sites (N-methyl/N-ethyl adjacent to an activating group) is 1. The van der Waals surface area contributed by atoms with Crippen molar-refractivity contribution in [2.75, 3.05) is 7.05 Å². The van der Waals surface area contributed by atoms with Crippen molar-refractivity contribution in [2.24, 2.45) is 0 Å². The van der Waals surface area contributed by atoms with Gasteiger partial charge in [-0.3, -0.25) is 14.6 Å². The van der Waals surface area contributed by atoms with Gasteiger partial charge < -0.3 is 10.4 Å². The molecule has 0 saturated heterocycles. The molecule has 1 atom stereocenters. The average Bonchev–Trinajstić information content (AvgIpc) is 3.46. The molecule has 2 heterocycles. The predicted molar refractivity (Wildman–Crippen MR) is 165 cm³/mol. The first-order valence-corrected chi connectivity index (χ1v) is 13.9. The van der Waals surface area contributed by atoms with Crippen molar-refractivity contribution in [1.82, 2.24) is 20.1 Å². The van der Waals surface area contributed by atoms with E-state index in [2.05, 4.69) is 55.3 Å². The molecule has 2 N–H and O–H groups in total. The Morgan fingerprint density at radius 3 is 2.17 bits per heavy atom. The van der Waals surface area contributed by atoms with E-state index in [0.717, 1.165) is 33.9 Å². The van der Waals surface area contributed by atoms with Crippen molar-refractivity contribution >= 4 is 11.6 Å². The van der Waals surface area contributed by atoms with Crippen LogP contribution in [0.25, 0.3) is 28.3 Å². The molecule has 0 spiro atoms. The maximum Gasteiger partial charge on any atom is 0.230 e. The second-order valence-corrected chi connectivity index (χ2v) is 11.3. The third-order valence-corrected chi connectivity index (χ3v) is 7.32. The number of nitrogens with zero attached hydrogens (tertiary/aromatic N) is 3. The van der Waals surface area contributed by atoms with Crippen LogP contribution in [-0.4, -0.2) is 44.5 Å². The van der Waals surface area contributed by atoms with Gasteiger partial charge in [-0.05, 0) is 72.5 Å². The van der Waals surface area contributed by atoms with Gasteiger partial charge in [-0.15, -0.1) is 0 Å². The number of pyridine rings is 1. The van der Waals surface area contributed by atoms with Crippen molar-refractivity contribution in [3.8, 4) is 34.1 Å². The van der Waals surface area contributed by atoms with Crippen LogP contribution in [0, 0.1) is 0 Å². The summed E-state index contributed by atoms with van der Waals surface area (Å²) in [5.74, 6) is -0.919. The van der Waals surface area contributed by atoms with Gasteiger partial charge in [0.15, 0.2) is 0 Å². The van der Waals surface area contributed by atoms with Crippen LogP contribution in [0.3, 0.4) is 0 Å². The topological polar surface area (TPSA) is 97.1 Å². The summed E-state index contributed by atoms with van der Waals surface area (Å²) in [6.07, 6.45) is 2.08. The molecule has 7 nitrogen and oxygen atoms in total. The highest BCUT2D eigenvalue weighted by Gasteiger charge is 2.26. The molecule has 0 unspecified atom stereocenters. The number of benzene rings is 3. The van der Waals surface area contributed by atoms with E-state index < -0.39 is 17.6 Å². The van der Waals surface area contributed by atoms with Gasteiger partial charge in [0.05, 0.1) is 23.1 Å². The fourth-order valence-corrected chi connectivity index (χ4v) is 4.81. The molecule has 5 aromatic rings. The standard InChI is InChI=1S/C35H34N4O3/c1-35(2,3)26-14-16-27(17-15-26)39-32(22-30(38-39)29-7-5-6-20-37-29)24-10-12-25(13-11-24)33(41)34(42)31(36-4)21-23-8-18-28(40)19-9-23/h5-20,22,31,36,40H,21H2,1-4H3/t31-/m0/s1. The van der Waals surface area contributed by atoms with Crippen molar-refractivity contribution in [3.63, 3.8) is 0 Å². The lowest BCUT2D eigenvalue weighted by Crippen LogP contribution is -2.40. The van der Waals surface area contributed by atoms with Crippen LogP contribution in [-0.2, 0) is 16.6 Å². The molecule has 0 aliphatic carbocycles. The molecule has 212 valence electrons. The highest BCUT2D eigenvalue weighted by atomic mass is 16.3. The zero-order valence-corrected chi connectivity index (χ0v) is 24.2. The Morgan fingerprint density at radius 1 is 0.881 bits per heavy atom. The zero-order chi connectivity index (χ0) is 29.9. The second kappa shape index (κ2) is 11.9. The van der Waals surface area contributed by atoms with Gasteiger partial charge >= 0.3 is 0 Å². The highest BCUT2D eigenvalue weighted by molar-refractivity contribution is 6.45. The molecule has 2 aromatic heterocycles. The summed E-state index contributed by atoms with van der Waals surface area (Å²) in [5, 5.41) is 17.4. The van der Waals surface area contributed by atoms with Crippen LogP contribution in [0.1, 0.15) is 42.3 Å². The molecule has 0 saturated carbocycles. The van der Waals surface area contributed by atoms with Crippen LogP contribution in [0.15, 0.2) is 103 Å². The van der Waals surface area contributed by atoms with Gasteiger partial charge in [-0.25, -0.2) is 4.68 Å². The molecule has 7 heteroatoms. The normalized spacial score (nSPS) is 12.2. The summed E-state index contributed by atoms with van der Waals surface area (Å²) in [4.78, 5) is 30.8. The number of ketones is 2. The Bertz CT molecular complexity index is 1680. The van der Waals surface area contributed by atoms with Crippen LogP contribution in [0.4, 0.5) is 0 Å². The first-order valence-electron chi connectivity index (χ1n) is 13.9. The largest absolute Gasteiger partial charge is 0.508 e. The number of hydrogen-bond donors (Lipinski definition) is 2. The number of phenols is 1. The molecule has 5 rings (SSSR count). The summed E-state index contributed by atoms with van der Waals surface area (Å²) >= 11 is 0. The number of hydrogen-bond acceptors (Lipinski definition) is 6. The number of rotatable bonds is 9. The molecule has 42 heavy (non-hydrogen) atoms. The summed E-state index contributed by atoms with van der Waals surface area (Å²) in [6.45, 7) is 6.54. The summed E-state index contributed by atoms with van der Waals surface area (Å²) in [6, 6.07) is 29.0. The van der Waals surface area contributed by atoms with E-state index in [4.69, 9.17) is 5.10 Å². The second-order valence-electron chi connectivity index (χ2n) is 11.3. The third kappa shape index (κ3) is 6.21. The average molecular weight is 559 g/mol. The molecular weight excluding hydrogens is 524 g/mol. The molecule has 0 amide bonds. The Labute approximate surface area is 245 Å². The molecule has 0 aliphatic rings. The van der Waals surface area contributed by atoms with E-state index in [9.17, 15) is 14.7 Å². The first kappa shape index (κ1) is 28.6. The SMILES string of the molecule is CN[C@@H](Cc1ccc(O)cc1)C(=O)C(=O)c1ccc(-c2cc(-c3ccccn3)nn2-c2ccc(C(C)(C)C)cc2)cc1. The Hall–Kier alpha value is -4.88. The van der Waals surface area contributed by atoms with Gasteiger partial charge in [0, 0.05) is 17.3 Å². The number of phenolic OH excluding ortho intramolecular Hbond substituents is 1. The smallest absolute Gasteiger partial charge is 0.230 e. The van der Waals surface area contributed by atoms with Gasteiger partial charge in [0.2, 0.25) is 11.6 Å². The van der Waals surface area contributed by atoms with E-state index >= 15 is 0 Å².